The Balaban J connectivity index is 1.94. The first kappa shape index (κ1) is 16.4. The highest BCUT2D eigenvalue weighted by Gasteiger charge is 2.23. The monoisotopic (exact) mass is 328 g/mol. The van der Waals surface area contributed by atoms with Crippen molar-refractivity contribution in [2.24, 2.45) is 0 Å². The predicted octanol–water partition coefficient (Wildman–Crippen LogP) is 3.73. The average molecular weight is 328 g/mol. The molecule has 0 saturated heterocycles. The van der Waals surface area contributed by atoms with E-state index in [9.17, 15) is 9.18 Å². The van der Waals surface area contributed by atoms with Crippen molar-refractivity contribution in [1.82, 2.24) is 4.98 Å². The lowest BCUT2D eigenvalue weighted by molar-refractivity contribution is 0.0372. The Labute approximate surface area is 141 Å². The zero-order chi connectivity index (χ0) is 17.1. The number of rotatable bonds is 4. The number of aromatic nitrogens is 1. The highest BCUT2D eigenvalue weighted by Crippen LogP contribution is 2.30. The highest BCUT2D eigenvalue weighted by molar-refractivity contribution is 5.94. The Hall–Kier alpha value is -2.43. The molecule has 1 N–H and O–H groups in total. The topological polar surface area (TPSA) is 51.2 Å². The number of pyridine rings is 1. The van der Waals surface area contributed by atoms with Crippen LogP contribution >= 0.6 is 0 Å². The van der Waals surface area contributed by atoms with Gasteiger partial charge in [-0.1, -0.05) is 12.1 Å². The smallest absolute Gasteiger partial charge is 0.359 e. The summed E-state index contributed by atoms with van der Waals surface area (Å²) >= 11 is 0. The number of hydrogen-bond acceptors (Lipinski definition) is 4. The highest BCUT2D eigenvalue weighted by atomic mass is 19.1. The summed E-state index contributed by atoms with van der Waals surface area (Å²) in [6.45, 7) is 4.46. The fourth-order valence-electron chi connectivity index (χ4n) is 2.94. The number of hydrogen-bond donors (Lipinski definition) is 1. The summed E-state index contributed by atoms with van der Waals surface area (Å²) in [6, 6.07) is 6.47. The number of benzene rings is 1. The molecule has 0 aliphatic carbocycles. The van der Waals surface area contributed by atoms with Crippen molar-refractivity contribution >= 4 is 11.7 Å². The van der Waals surface area contributed by atoms with Gasteiger partial charge >= 0.3 is 5.97 Å². The molecule has 1 aromatic carbocycles. The van der Waals surface area contributed by atoms with Crippen LogP contribution < -0.4 is 5.32 Å². The van der Waals surface area contributed by atoms with Gasteiger partial charge < -0.3 is 10.1 Å². The molecule has 1 aliphatic heterocycles. The summed E-state index contributed by atoms with van der Waals surface area (Å²) < 4.78 is 18.4. The van der Waals surface area contributed by atoms with Gasteiger partial charge in [-0.3, -0.25) is 0 Å². The fourth-order valence-corrected chi connectivity index (χ4v) is 2.94. The average Bonchev–Trinajstić information content (AvgIpc) is 2.56. The first-order valence-corrected chi connectivity index (χ1v) is 8.24. The van der Waals surface area contributed by atoms with Gasteiger partial charge in [-0.15, -0.1) is 0 Å². The molecule has 3 rings (SSSR count). The quantitative estimate of drug-likeness (QED) is 0.869. The van der Waals surface area contributed by atoms with Gasteiger partial charge in [0.25, 0.3) is 0 Å². The molecule has 0 atom stereocenters. The molecule has 2 aromatic rings. The number of carbonyl (C=O) groups excluding carboxylic acids is 1. The molecular weight excluding hydrogens is 307 g/mol. The van der Waals surface area contributed by atoms with Gasteiger partial charge in [0.15, 0.2) is 5.69 Å². The Bertz CT molecular complexity index is 742. The number of carbonyl (C=O) groups is 1. The number of halogens is 1. The summed E-state index contributed by atoms with van der Waals surface area (Å²) in [4.78, 5) is 16.6. The molecule has 5 heteroatoms. The van der Waals surface area contributed by atoms with Crippen molar-refractivity contribution in [3.05, 3.63) is 58.7 Å². The largest absolute Gasteiger partial charge is 0.458 e. The van der Waals surface area contributed by atoms with Gasteiger partial charge in [0, 0.05) is 12.7 Å². The molecule has 0 saturated carbocycles. The summed E-state index contributed by atoms with van der Waals surface area (Å²) in [6.07, 6.45) is 4.12. The van der Waals surface area contributed by atoms with E-state index in [2.05, 4.69) is 10.3 Å². The van der Waals surface area contributed by atoms with E-state index in [0.29, 0.717) is 12.1 Å². The summed E-state index contributed by atoms with van der Waals surface area (Å²) in [5, 5.41) is 3.30. The number of esters is 1. The van der Waals surface area contributed by atoms with Crippen molar-refractivity contribution in [1.29, 1.82) is 0 Å². The standard InChI is InChI=1S/C19H21FN2O2/c1-12(2)24-19(23)18-17-16(4-3-9-21-17)14(11-22-18)10-13-5-7-15(20)8-6-13/h5-8,11-12,21H,3-4,9-10H2,1-2H3. The predicted molar refractivity (Wildman–Crippen MR) is 90.8 cm³/mol. The van der Waals surface area contributed by atoms with E-state index in [1.807, 2.05) is 13.8 Å². The van der Waals surface area contributed by atoms with E-state index in [1.54, 1.807) is 18.3 Å². The normalized spacial score (nSPS) is 13.3. The molecule has 24 heavy (non-hydrogen) atoms. The van der Waals surface area contributed by atoms with Gasteiger partial charge in [-0.2, -0.15) is 0 Å². The second kappa shape index (κ2) is 6.99. The molecule has 0 spiro atoms. The van der Waals surface area contributed by atoms with Crippen LogP contribution in [-0.4, -0.2) is 23.6 Å². The van der Waals surface area contributed by atoms with Crippen molar-refractivity contribution in [3.63, 3.8) is 0 Å². The Morgan fingerprint density at radius 3 is 2.79 bits per heavy atom. The van der Waals surface area contributed by atoms with Gasteiger partial charge in [-0.05, 0) is 61.9 Å². The molecule has 1 aromatic heterocycles. The lowest BCUT2D eigenvalue weighted by Gasteiger charge is -2.23. The number of ether oxygens (including phenoxy) is 1. The first-order chi connectivity index (χ1) is 11.5. The molecule has 0 unspecified atom stereocenters. The molecule has 0 bridgehead atoms. The second-order valence-corrected chi connectivity index (χ2v) is 6.27. The summed E-state index contributed by atoms with van der Waals surface area (Å²) in [7, 11) is 0. The molecular formula is C19H21FN2O2. The molecule has 0 fully saturated rings. The van der Waals surface area contributed by atoms with E-state index < -0.39 is 5.97 Å². The van der Waals surface area contributed by atoms with Crippen LogP contribution in [0.5, 0.6) is 0 Å². The van der Waals surface area contributed by atoms with Crippen LogP contribution in [0.2, 0.25) is 0 Å². The molecule has 0 radical (unpaired) electrons. The third kappa shape index (κ3) is 3.55. The summed E-state index contributed by atoms with van der Waals surface area (Å²) in [5.41, 5.74) is 4.32. The molecule has 126 valence electrons. The Morgan fingerprint density at radius 2 is 2.08 bits per heavy atom. The van der Waals surface area contributed by atoms with Crippen LogP contribution in [0.25, 0.3) is 0 Å². The minimum Gasteiger partial charge on any atom is -0.458 e. The van der Waals surface area contributed by atoms with Gasteiger partial charge in [-0.25, -0.2) is 14.2 Å². The summed E-state index contributed by atoms with van der Waals surface area (Å²) in [5.74, 6) is -0.642. The minimum atomic E-state index is -0.399. The van der Waals surface area contributed by atoms with Crippen LogP contribution in [0.15, 0.2) is 30.5 Å². The van der Waals surface area contributed by atoms with E-state index >= 15 is 0 Å². The third-order valence-electron chi connectivity index (χ3n) is 4.02. The van der Waals surface area contributed by atoms with Crippen LogP contribution in [0, 0.1) is 5.82 Å². The fraction of sp³-hybridized carbons (Fsp3) is 0.368. The molecule has 1 aliphatic rings. The van der Waals surface area contributed by atoms with Gasteiger partial charge in [0.05, 0.1) is 11.8 Å². The molecule has 4 nitrogen and oxygen atoms in total. The van der Waals surface area contributed by atoms with Crippen LogP contribution in [-0.2, 0) is 17.6 Å². The van der Waals surface area contributed by atoms with Gasteiger partial charge in [0.1, 0.15) is 5.82 Å². The van der Waals surface area contributed by atoms with Crippen molar-refractivity contribution < 1.29 is 13.9 Å². The maximum atomic E-state index is 13.1. The van der Waals surface area contributed by atoms with Crippen molar-refractivity contribution in [3.8, 4) is 0 Å². The number of nitrogens with one attached hydrogen (secondary N) is 1. The van der Waals surface area contributed by atoms with E-state index in [0.717, 1.165) is 41.8 Å². The van der Waals surface area contributed by atoms with Crippen molar-refractivity contribution in [2.45, 2.75) is 39.2 Å². The number of anilines is 1. The van der Waals surface area contributed by atoms with E-state index in [4.69, 9.17) is 4.74 Å². The van der Waals surface area contributed by atoms with Crippen LogP contribution in [0.1, 0.15) is 47.4 Å². The number of nitrogens with zero attached hydrogens (tertiary/aromatic N) is 1. The van der Waals surface area contributed by atoms with E-state index in [1.165, 1.54) is 12.1 Å². The zero-order valence-electron chi connectivity index (χ0n) is 13.9. The molecule has 0 amide bonds. The lowest BCUT2D eigenvalue weighted by atomic mass is 9.94. The molecule has 2 heterocycles. The second-order valence-electron chi connectivity index (χ2n) is 6.27. The SMILES string of the molecule is CC(C)OC(=O)c1ncc(Cc2ccc(F)cc2)c2c1NCCC2. The minimum absolute atomic E-state index is 0.183. The van der Waals surface area contributed by atoms with Crippen LogP contribution in [0.3, 0.4) is 0 Å². The number of fused-ring (bicyclic) bond motifs is 1. The first-order valence-electron chi connectivity index (χ1n) is 8.24. The van der Waals surface area contributed by atoms with Crippen molar-refractivity contribution in [2.75, 3.05) is 11.9 Å². The van der Waals surface area contributed by atoms with Crippen LogP contribution in [0.4, 0.5) is 10.1 Å². The Kier molecular flexibility index (Phi) is 4.79. The van der Waals surface area contributed by atoms with E-state index in [-0.39, 0.29) is 11.9 Å². The maximum Gasteiger partial charge on any atom is 0.359 e. The lowest BCUT2D eigenvalue weighted by Crippen LogP contribution is -2.21. The third-order valence-corrected chi connectivity index (χ3v) is 4.02. The maximum absolute atomic E-state index is 13.1. The Morgan fingerprint density at radius 1 is 1.33 bits per heavy atom. The van der Waals surface area contributed by atoms with Gasteiger partial charge in [0.2, 0.25) is 0 Å². The zero-order valence-corrected chi connectivity index (χ0v) is 13.9.